The van der Waals surface area contributed by atoms with E-state index < -0.39 is 17.8 Å². The van der Waals surface area contributed by atoms with Crippen LogP contribution in [0, 0.1) is 5.82 Å². The predicted molar refractivity (Wildman–Crippen MR) is 139 cm³/mol. The lowest BCUT2D eigenvalue weighted by Crippen LogP contribution is -2.42. The van der Waals surface area contributed by atoms with Gasteiger partial charge in [-0.05, 0) is 47.8 Å². The van der Waals surface area contributed by atoms with Crippen LogP contribution in [0.4, 0.5) is 4.39 Å². The number of carbonyl (C=O) groups excluding carboxylic acids is 2. The molecule has 0 saturated carbocycles. The SMILES string of the molecule is COCCN(CC(=O)N1N=C(c2cccs2)CC1c1cc(OC)ccc1OC)C(=O)c1cccc(F)c1. The summed E-state index contributed by atoms with van der Waals surface area (Å²) in [4.78, 5) is 29.2. The van der Waals surface area contributed by atoms with E-state index in [1.165, 1.54) is 46.6 Å². The number of rotatable bonds is 10. The van der Waals surface area contributed by atoms with Crippen molar-refractivity contribution in [2.24, 2.45) is 5.10 Å². The summed E-state index contributed by atoms with van der Waals surface area (Å²) in [5, 5.41) is 8.04. The molecule has 3 aromatic rings. The summed E-state index contributed by atoms with van der Waals surface area (Å²) in [5.74, 6) is -0.169. The zero-order valence-electron chi connectivity index (χ0n) is 20.8. The molecule has 194 valence electrons. The van der Waals surface area contributed by atoms with Gasteiger partial charge in [-0.1, -0.05) is 12.1 Å². The molecular weight excluding hydrogens is 497 g/mol. The third-order valence-corrected chi connectivity index (χ3v) is 6.94. The van der Waals surface area contributed by atoms with Gasteiger partial charge >= 0.3 is 0 Å². The van der Waals surface area contributed by atoms with Crippen molar-refractivity contribution in [3.63, 3.8) is 0 Å². The molecule has 37 heavy (non-hydrogen) atoms. The first-order valence-electron chi connectivity index (χ1n) is 11.6. The Morgan fingerprint density at radius 2 is 1.95 bits per heavy atom. The Hall–Kier alpha value is -3.76. The van der Waals surface area contributed by atoms with E-state index in [4.69, 9.17) is 14.2 Å². The zero-order chi connectivity index (χ0) is 26.4. The van der Waals surface area contributed by atoms with Gasteiger partial charge in [0.05, 0.1) is 37.5 Å². The third-order valence-electron chi connectivity index (χ3n) is 6.02. The zero-order valence-corrected chi connectivity index (χ0v) is 21.7. The highest BCUT2D eigenvalue weighted by atomic mass is 32.1. The number of hydrazone groups is 1. The van der Waals surface area contributed by atoms with Crippen LogP contribution in [0.5, 0.6) is 11.5 Å². The lowest BCUT2D eigenvalue weighted by atomic mass is 9.99. The minimum Gasteiger partial charge on any atom is -0.497 e. The molecule has 0 aliphatic carbocycles. The van der Waals surface area contributed by atoms with Crippen molar-refractivity contribution in [2.75, 3.05) is 41.0 Å². The Labute approximate surface area is 218 Å². The molecule has 1 aliphatic rings. The molecule has 0 fully saturated rings. The molecule has 0 N–H and O–H groups in total. The van der Waals surface area contributed by atoms with E-state index >= 15 is 0 Å². The van der Waals surface area contributed by atoms with Gasteiger partial charge in [0.25, 0.3) is 11.8 Å². The summed E-state index contributed by atoms with van der Waals surface area (Å²) in [5.41, 5.74) is 1.66. The van der Waals surface area contributed by atoms with Gasteiger partial charge in [-0.3, -0.25) is 9.59 Å². The van der Waals surface area contributed by atoms with Crippen LogP contribution in [-0.2, 0) is 9.53 Å². The summed E-state index contributed by atoms with van der Waals surface area (Å²) in [6.45, 7) is 0.105. The largest absolute Gasteiger partial charge is 0.497 e. The first-order chi connectivity index (χ1) is 17.9. The first-order valence-corrected chi connectivity index (χ1v) is 12.5. The van der Waals surface area contributed by atoms with Crippen molar-refractivity contribution >= 4 is 28.9 Å². The number of ether oxygens (including phenoxy) is 3. The van der Waals surface area contributed by atoms with Gasteiger partial charge in [-0.2, -0.15) is 5.10 Å². The Morgan fingerprint density at radius 1 is 1.11 bits per heavy atom. The molecule has 2 heterocycles. The maximum absolute atomic E-state index is 13.8. The van der Waals surface area contributed by atoms with Crippen LogP contribution in [0.15, 0.2) is 65.1 Å². The Bertz CT molecular complexity index is 1280. The molecule has 4 rings (SSSR count). The van der Waals surface area contributed by atoms with Gasteiger partial charge in [0.15, 0.2) is 0 Å². The molecule has 1 atom stereocenters. The second-order valence-electron chi connectivity index (χ2n) is 8.32. The van der Waals surface area contributed by atoms with E-state index in [-0.39, 0.29) is 31.2 Å². The predicted octanol–water partition coefficient (Wildman–Crippen LogP) is 4.37. The summed E-state index contributed by atoms with van der Waals surface area (Å²) in [7, 11) is 4.65. The molecular formula is C27H28FN3O5S. The number of benzene rings is 2. The van der Waals surface area contributed by atoms with Crippen LogP contribution in [0.2, 0.25) is 0 Å². The minimum absolute atomic E-state index is 0.152. The van der Waals surface area contributed by atoms with Gasteiger partial charge in [-0.25, -0.2) is 9.40 Å². The van der Waals surface area contributed by atoms with E-state index in [0.717, 1.165) is 22.2 Å². The summed E-state index contributed by atoms with van der Waals surface area (Å²) in [6.07, 6.45) is 0.464. The molecule has 1 aliphatic heterocycles. The number of methoxy groups -OCH3 is 3. The lowest BCUT2D eigenvalue weighted by molar-refractivity contribution is -0.133. The molecule has 0 saturated heterocycles. The highest BCUT2D eigenvalue weighted by molar-refractivity contribution is 7.12. The van der Waals surface area contributed by atoms with E-state index in [9.17, 15) is 14.0 Å². The standard InChI is InChI=1S/C27H28FN3O5S/c1-34-12-11-30(27(33)18-6-4-7-19(28)14-18)17-26(32)31-23(16-22(29-31)25-8-5-13-37-25)21-15-20(35-2)9-10-24(21)36-3/h4-10,13-15,23H,11-12,16-17H2,1-3H3. The van der Waals surface area contributed by atoms with E-state index in [0.29, 0.717) is 17.9 Å². The normalized spacial score (nSPS) is 14.9. The minimum atomic E-state index is -0.529. The van der Waals surface area contributed by atoms with E-state index in [2.05, 4.69) is 5.10 Å². The molecule has 1 unspecified atom stereocenters. The van der Waals surface area contributed by atoms with Crippen LogP contribution in [0.1, 0.15) is 33.3 Å². The summed E-state index contributed by atoms with van der Waals surface area (Å²) in [6, 6.07) is 14.2. The molecule has 0 radical (unpaired) electrons. The average molecular weight is 526 g/mol. The van der Waals surface area contributed by atoms with Crippen LogP contribution < -0.4 is 9.47 Å². The number of amides is 2. The van der Waals surface area contributed by atoms with Crippen molar-refractivity contribution in [2.45, 2.75) is 12.5 Å². The van der Waals surface area contributed by atoms with Gasteiger partial charge in [0.1, 0.15) is 23.9 Å². The second kappa shape index (κ2) is 12.0. The monoisotopic (exact) mass is 525 g/mol. The van der Waals surface area contributed by atoms with Crippen molar-refractivity contribution in [3.05, 3.63) is 81.8 Å². The molecule has 10 heteroatoms. The Morgan fingerprint density at radius 3 is 2.62 bits per heavy atom. The number of hydrogen-bond donors (Lipinski definition) is 0. The molecule has 1 aromatic heterocycles. The maximum atomic E-state index is 13.8. The van der Waals surface area contributed by atoms with Crippen molar-refractivity contribution in [1.29, 1.82) is 0 Å². The molecule has 0 bridgehead atoms. The van der Waals surface area contributed by atoms with Gasteiger partial charge < -0.3 is 19.1 Å². The number of hydrogen-bond acceptors (Lipinski definition) is 7. The molecule has 2 amide bonds. The second-order valence-corrected chi connectivity index (χ2v) is 9.27. The van der Waals surface area contributed by atoms with E-state index in [1.54, 1.807) is 26.4 Å². The molecule has 8 nitrogen and oxygen atoms in total. The summed E-state index contributed by atoms with van der Waals surface area (Å²) < 4.78 is 30.0. The smallest absolute Gasteiger partial charge is 0.262 e. The van der Waals surface area contributed by atoms with E-state index in [1.807, 2.05) is 23.6 Å². The fraction of sp³-hybridized carbons (Fsp3) is 0.296. The topological polar surface area (TPSA) is 80.7 Å². The fourth-order valence-electron chi connectivity index (χ4n) is 4.17. The quantitative estimate of drug-likeness (QED) is 0.393. The van der Waals surface area contributed by atoms with Crippen molar-refractivity contribution < 1.29 is 28.2 Å². The van der Waals surface area contributed by atoms with Crippen molar-refractivity contribution in [1.82, 2.24) is 9.91 Å². The third kappa shape index (κ3) is 5.98. The van der Waals surface area contributed by atoms with Crippen LogP contribution >= 0.6 is 11.3 Å². The Kier molecular flexibility index (Phi) is 8.52. The number of halogens is 1. The number of thiophene rings is 1. The Balaban J connectivity index is 1.67. The first kappa shape index (κ1) is 26.3. The van der Waals surface area contributed by atoms with Gasteiger partial charge in [0, 0.05) is 31.2 Å². The lowest BCUT2D eigenvalue weighted by Gasteiger charge is -2.28. The fourth-order valence-corrected chi connectivity index (χ4v) is 4.89. The molecule has 0 spiro atoms. The maximum Gasteiger partial charge on any atom is 0.262 e. The number of nitrogens with zero attached hydrogens (tertiary/aromatic N) is 3. The average Bonchev–Trinajstić information content (AvgIpc) is 3.60. The number of carbonyl (C=O) groups is 2. The highest BCUT2D eigenvalue weighted by Crippen LogP contribution is 2.39. The van der Waals surface area contributed by atoms with Crippen LogP contribution in [-0.4, -0.2) is 68.5 Å². The van der Waals surface area contributed by atoms with Crippen molar-refractivity contribution in [3.8, 4) is 11.5 Å². The van der Waals surface area contributed by atoms with Crippen LogP contribution in [0.3, 0.4) is 0 Å². The molecule has 2 aromatic carbocycles. The van der Waals surface area contributed by atoms with Gasteiger partial charge in [-0.15, -0.1) is 11.3 Å². The van der Waals surface area contributed by atoms with Crippen LogP contribution in [0.25, 0.3) is 0 Å². The highest BCUT2D eigenvalue weighted by Gasteiger charge is 2.36. The summed E-state index contributed by atoms with van der Waals surface area (Å²) >= 11 is 1.54. The van der Waals surface area contributed by atoms with Gasteiger partial charge in [0.2, 0.25) is 0 Å².